The maximum absolute atomic E-state index is 13.0. The van der Waals surface area contributed by atoms with Crippen LogP contribution < -0.4 is 5.32 Å². The number of nitrogens with one attached hydrogen (secondary N) is 1. The van der Waals surface area contributed by atoms with Gasteiger partial charge in [0, 0.05) is 12.6 Å². The molecule has 0 unspecified atom stereocenters. The maximum atomic E-state index is 13.0. The Hall–Kier alpha value is -2.33. The molecule has 1 aromatic carbocycles. The Morgan fingerprint density at radius 2 is 2.00 bits per heavy atom. The van der Waals surface area contributed by atoms with Crippen LogP contribution in [0.1, 0.15) is 5.01 Å². The molecule has 0 saturated carbocycles. The molecule has 0 fully saturated rings. The van der Waals surface area contributed by atoms with Gasteiger partial charge >= 0.3 is 0 Å². The summed E-state index contributed by atoms with van der Waals surface area (Å²) in [6, 6.07) is 6.01. The smallest absolute Gasteiger partial charge is 0.236 e. The number of rotatable bonds is 5. The lowest BCUT2D eigenvalue weighted by Crippen LogP contribution is -2.14. The standard InChI is InChI=1S/C14H13FN6OS2/c1-8-17-19-13(24-8)16-11(22)7-23-14-20-18-12(21(14)2)9-3-5-10(15)6-4-9/h3-6H,7H2,1-2H3,(H,16,19,22). The third kappa shape index (κ3) is 3.77. The first kappa shape index (κ1) is 16.5. The SMILES string of the molecule is Cc1nnc(NC(=O)CSc2nnc(-c3ccc(F)cc3)n2C)s1. The van der Waals surface area contributed by atoms with Crippen molar-refractivity contribution in [3.05, 3.63) is 35.1 Å². The second kappa shape index (κ2) is 7.05. The molecule has 3 aromatic rings. The van der Waals surface area contributed by atoms with Crippen LogP contribution in [0.15, 0.2) is 29.4 Å². The zero-order valence-corrected chi connectivity index (χ0v) is 14.5. The van der Waals surface area contributed by atoms with Gasteiger partial charge in [-0.15, -0.1) is 20.4 Å². The molecule has 7 nitrogen and oxygen atoms in total. The number of hydrogen-bond donors (Lipinski definition) is 1. The normalized spacial score (nSPS) is 10.8. The number of anilines is 1. The zero-order chi connectivity index (χ0) is 17.1. The molecule has 2 aromatic heterocycles. The van der Waals surface area contributed by atoms with Gasteiger partial charge in [0.2, 0.25) is 11.0 Å². The first-order chi connectivity index (χ1) is 11.5. The fourth-order valence-electron chi connectivity index (χ4n) is 1.92. The maximum Gasteiger partial charge on any atom is 0.236 e. The van der Waals surface area contributed by atoms with E-state index >= 15 is 0 Å². The van der Waals surface area contributed by atoms with Crippen molar-refractivity contribution in [2.45, 2.75) is 12.1 Å². The number of benzene rings is 1. The first-order valence-corrected chi connectivity index (χ1v) is 8.71. The van der Waals surface area contributed by atoms with Crippen LogP contribution in [0.25, 0.3) is 11.4 Å². The number of carbonyl (C=O) groups excluding carboxylic acids is 1. The van der Waals surface area contributed by atoms with E-state index in [9.17, 15) is 9.18 Å². The van der Waals surface area contributed by atoms with Crippen LogP contribution in [0.5, 0.6) is 0 Å². The van der Waals surface area contributed by atoms with Gasteiger partial charge in [0.25, 0.3) is 0 Å². The number of carbonyl (C=O) groups is 1. The molecule has 0 radical (unpaired) electrons. The Labute approximate surface area is 145 Å². The van der Waals surface area contributed by atoms with Gasteiger partial charge in [0.1, 0.15) is 10.8 Å². The third-order valence-electron chi connectivity index (χ3n) is 3.04. The van der Waals surface area contributed by atoms with Crippen molar-refractivity contribution in [1.82, 2.24) is 25.0 Å². The molecule has 1 N–H and O–H groups in total. The summed E-state index contributed by atoms with van der Waals surface area (Å²) in [5.74, 6) is 0.285. The van der Waals surface area contributed by atoms with Crippen LogP contribution >= 0.6 is 23.1 Å². The number of aromatic nitrogens is 5. The Bertz CT molecular complexity index is 861. The summed E-state index contributed by atoms with van der Waals surface area (Å²) < 4.78 is 14.8. The molecule has 0 atom stereocenters. The van der Waals surface area contributed by atoms with E-state index in [0.29, 0.717) is 16.1 Å². The van der Waals surface area contributed by atoms with E-state index in [4.69, 9.17) is 0 Å². The number of hydrogen-bond acceptors (Lipinski definition) is 7. The van der Waals surface area contributed by atoms with E-state index in [1.807, 2.05) is 6.92 Å². The van der Waals surface area contributed by atoms with Crippen LogP contribution in [-0.2, 0) is 11.8 Å². The lowest BCUT2D eigenvalue weighted by molar-refractivity contribution is -0.113. The first-order valence-electron chi connectivity index (χ1n) is 6.91. The Balaban J connectivity index is 1.63. The molecule has 0 aliphatic rings. The molecular weight excluding hydrogens is 351 g/mol. The van der Waals surface area contributed by atoms with Crippen molar-refractivity contribution in [3.63, 3.8) is 0 Å². The number of nitrogens with zero attached hydrogens (tertiary/aromatic N) is 5. The lowest BCUT2D eigenvalue weighted by atomic mass is 10.2. The summed E-state index contributed by atoms with van der Waals surface area (Å²) in [5, 5.41) is 20.4. The molecule has 1 amide bonds. The van der Waals surface area contributed by atoms with Crippen molar-refractivity contribution in [3.8, 4) is 11.4 Å². The van der Waals surface area contributed by atoms with Crippen molar-refractivity contribution in [2.75, 3.05) is 11.1 Å². The fourth-order valence-corrected chi connectivity index (χ4v) is 3.24. The molecule has 0 aliphatic heterocycles. The summed E-state index contributed by atoms with van der Waals surface area (Å²) >= 11 is 2.58. The van der Waals surface area contributed by atoms with Crippen molar-refractivity contribution >= 4 is 34.1 Å². The predicted octanol–water partition coefficient (Wildman–Crippen LogP) is 2.51. The summed E-state index contributed by atoms with van der Waals surface area (Å²) in [6.07, 6.45) is 0. The van der Waals surface area contributed by atoms with Crippen LogP contribution in [0, 0.1) is 12.7 Å². The Morgan fingerprint density at radius 1 is 1.25 bits per heavy atom. The van der Waals surface area contributed by atoms with Gasteiger partial charge in [0.15, 0.2) is 11.0 Å². The van der Waals surface area contributed by atoms with Crippen molar-refractivity contribution in [1.29, 1.82) is 0 Å². The Kier molecular flexibility index (Phi) is 4.86. The quantitative estimate of drug-likeness (QED) is 0.700. The number of halogens is 1. The van der Waals surface area contributed by atoms with Crippen LogP contribution in [0.4, 0.5) is 9.52 Å². The average Bonchev–Trinajstić information content (AvgIpc) is 3.12. The summed E-state index contributed by atoms with van der Waals surface area (Å²) in [7, 11) is 1.80. The largest absolute Gasteiger partial charge is 0.305 e. The van der Waals surface area contributed by atoms with Crippen molar-refractivity contribution in [2.24, 2.45) is 7.05 Å². The molecule has 0 bridgehead atoms. The number of aryl methyl sites for hydroxylation is 1. The third-order valence-corrected chi connectivity index (χ3v) is 4.82. The van der Waals surface area contributed by atoms with E-state index in [-0.39, 0.29) is 17.5 Å². The minimum absolute atomic E-state index is 0.175. The van der Waals surface area contributed by atoms with E-state index in [1.54, 1.807) is 23.7 Å². The second-order valence-corrected chi connectivity index (χ2v) is 6.96. The average molecular weight is 364 g/mol. The molecular formula is C14H13FN6OS2. The summed E-state index contributed by atoms with van der Waals surface area (Å²) in [4.78, 5) is 11.9. The predicted molar refractivity (Wildman–Crippen MR) is 90.4 cm³/mol. The second-order valence-electron chi connectivity index (χ2n) is 4.84. The molecule has 0 aliphatic carbocycles. The number of thioether (sulfide) groups is 1. The highest BCUT2D eigenvalue weighted by Gasteiger charge is 2.14. The van der Waals surface area contributed by atoms with E-state index in [0.717, 1.165) is 10.6 Å². The van der Waals surface area contributed by atoms with E-state index < -0.39 is 0 Å². The molecule has 2 heterocycles. The van der Waals surface area contributed by atoms with Crippen LogP contribution in [0.2, 0.25) is 0 Å². The van der Waals surface area contributed by atoms with Crippen LogP contribution in [-0.4, -0.2) is 36.6 Å². The Morgan fingerprint density at radius 3 is 2.67 bits per heavy atom. The molecule has 24 heavy (non-hydrogen) atoms. The van der Waals surface area contributed by atoms with Gasteiger partial charge in [-0.25, -0.2) is 4.39 Å². The molecule has 10 heteroatoms. The topological polar surface area (TPSA) is 85.6 Å². The van der Waals surface area contributed by atoms with Gasteiger partial charge in [-0.1, -0.05) is 23.1 Å². The van der Waals surface area contributed by atoms with Crippen LogP contribution in [0.3, 0.4) is 0 Å². The van der Waals surface area contributed by atoms with Gasteiger partial charge in [-0.2, -0.15) is 0 Å². The summed E-state index contributed by atoms with van der Waals surface area (Å²) in [5.41, 5.74) is 0.757. The highest BCUT2D eigenvalue weighted by Crippen LogP contribution is 2.23. The van der Waals surface area contributed by atoms with Gasteiger partial charge < -0.3 is 4.57 Å². The minimum atomic E-state index is -0.306. The zero-order valence-electron chi connectivity index (χ0n) is 12.9. The van der Waals surface area contributed by atoms with Gasteiger partial charge in [0.05, 0.1) is 5.75 Å². The lowest BCUT2D eigenvalue weighted by Gasteiger charge is -2.04. The molecule has 3 rings (SSSR count). The van der Waals surface area contributed by atoms with Gasteiger partial charge in [-0.05, 0) is 31.2 Å². The fraction of sp³-hybridized carbons (Fsp3) is 0.214. The molecule has 0 saturated heterocycles. The highest BCUT2D eigenvalue weighted by atomic mass is 32.2. The van der Waals surface area contributed by atoms with E-state index in [1.165, 1.54) is 35.2 Å². The van der Waals surface area contributed by atoms with Crippen molar-refractivity contribution < 1.29 is 9.18 Å². The van der Waals surface area contributed by atoms with Gasteiger partial charge in [-0.3, -0.25) is 10.1 Å². The summed E-state index contributed by atoms with van der Waals surface area (Å²) in [6.45, 7) is 1.82. The molecule has 124 valence electrons. The van der Waals surface area contributed by atoms with E-state index in [2.05, 4.69) is 25.7 Å². The monoisotopic (exact) mass is 364 g/mol. The highest BCUT2D eigenvalue weighted by molar-refractivity contribution is 7.99. The molecule has 0 spiro atoms. The number of amides is 1. The minimum Gasteiger partial charge on any atom is -0.305 e.